The molecule has 0 atom stereocenters. The third kappa shape index (κ3) is 5.32. The van der Waals surface area contributed by atoms with Crippen LogP contribution in [0.25, 0.3) is 0 Å². The van der Waals surface area contributed by atoms with Crippen molar-refractivity contribution in [2.75, 3.05) is 0 Å². The van der Waals surface area contributed by atoms with E-state index in [2.05, 4.69) is 107 Å². The molecule has 2 nitrogen and oxygen atoms in total. The van der Waals surface area contributed by atoms with Gasteiger partial charge in [0.15, 0.2) is 5.11 Å². The van der Waals surface area contributed by atoms with E-state index in [1.165, 1.54) is 21.2 Å². The van der Waals surface area contributed by atoms with Crippen molar-refractivity contribution in [3.05, 3.63) is 121 Å². The van der Waals surface area contributed by atoms with Gasteiger partial charge in [0.2, 0.25) is 0 Å². The molecular weight excluding hydrogens is 422 g/mol. The first-order chi connectivity index (χ1) is 14.8. The van der Waals surface area contributed by atoms with Crippen LogP contribution in [0.2, 0.25) is 0 Å². The van der Waals surface area contributed by atoms with Gasteiger partial charge in [-0.15, -0.1) is 0 Å². The SMILES string of the molecule is S=C(NP(c1ccccc1)c1ccccc1)NP(c1ccccc1)c1ccccc1. The van der Waals surface area contributed by atoms with Crippen LogP contribution >= 0.6 is 28.4 Å². The van der Waals surface area contributed by atoms with Crippen molar-refractivity contribution in [3.8, 4) is 0 Å². The molecule has 0 fully saturated rings. The fourth-order valence-electron chi connectivity index (χ4n) is 3.09. The summed E-state index contributed by atoms with van der Waals surface area (Å²) in [5, 5.41) is 12.9. The molecule has 0 spiro atoms. The molecule has 0 bridgehead atoms. The molecule has 0 amide bonds. The summed E-state index contributed by atoms with van der Waals surface area (Å²) >= 11 is 5.82. The molecule has 0 saturated carbocycles. The van der Waals surface area contributed by atoms with Gasteiger partial charge in [0, 0.05) is 21.2 Å². The Morgan fingerprint density at radius 1 is 0.433 bits per heavy atom. The van der Waals surface area contributed by atoms with Gasteiger partial charge in [-0.3, -0.25) is 0 Å². The lowest BCUT2D eigenvalue weighted by molar-refractivity contribution is 1.38. The van der Waals surface area contributed by atoms with Crippen molar-refractivity contribution in [3.63, 3.8) is 0 Å². The van der Waals surface area contributed by atoms with Crippen molar-refractivity contribution in [1.29, 1.82) is 0 Å². The Morgan fingerprint density at radius 2 is 0.667 bits per heavy atom. The lowest BCUT2D eigenvalue weighted by Gasteiger charge is -2.26. The summed E-state index contributed by atoms with van der Waals surface area (Å²) in [5.74, 6) is 0. The number of nitrogens with one attached hydrogen (secondary N) is 2. The van der Waals surface area contributed by atoms with Gasteiger partial charge in [-0.25, -0.2) is 0 Å². The Hall–Kier alpha value is -2.57. The Labute approximate surface area is 186 Å². The molecule has 0 unspecified atom stereocenters. The number of hydrogen-bond donors (Lipinski definition) is 2. The summed E-state index contributed by atoms with van der Waals surface area (Å²) < 4.78 is 0. The van der Waals surface area contributed by atoms with Gasteiger partial charge < -0.3 is 10.2 Å². The molecule has 0 aromatic heterocycles. The number of hydrogen-bond acceptors (Lipinski definition) is 1. The van der Waals surface area contributed by atoms with Crippen LogP contribution in [0.15, 0.2) is 121 Å². The van der Waals surface area contributed by atoms with E-state index >= 15 is 0 Å². The minimum absolute atomic E-state index is 0.674. The van der Waals surface area contributed by atoms with Crippen LogP contribution < -0.4 is 31.4 Å². The van der Waals surface area contributed by atoms with E-state index in [-0.39, 0.29) is 0 Å². The fraction of sp³-hybridized carbons (Fsp3) is 0. The largest absolute Gasteiger partial charge is 0.334 e. The van der Waals surface area contributed by atoms with Gasteiger partial charge >= 0.3 is 0 Å². The van der Waals surface area contributed by atoms with Gasteiger partial charge in [-0.1, -0.05) is 121 Å². The monoisotopic (exact) mass is 444 g/mol. The molecule has 4 aromatic rings. The highest BCUT2D eigenvalue weighted by Gasteiger charge is 2.19. The molecule has 0 heterocycles. The first kappa shape index (κ1) is 20.7. The van der Waals surface area contributed by atoms with E-state index in [4.69, 9.17) is 12.2 Å². The predicted octanol–water partition coefficient (Wildman–Crippen LogP) is 4.55. The Kier molecular flexibility index (Phi) is 7.21. The summed E-state index contributed by atoms with van der Waals surface area (Å²) in [5.41, 5.74) is 0. The fourth-order valence-corrected chi connectivity index (χ4v) is 7.24. The predicted molar refractivity (Wildman–Crippen MR) is 137 cm³/mol. The summed E-state index contributed by atoms with van der Waals surface area (Å²) in [6.45, 7) is 0. The van der Waals surface area contributed by atoms with Crippen molar-refractivity contribution in [2.45, 2.75) is 0 Å². The molecule has 4 aromatic carbocycles. The zero-order valence-electron chi connectivity index (χ0n) is 16.3. The number of rotatable bonds is 6. The quantitative estimate of drug-likeness (QED) is 0.337. The summed E-state index contributed by atoms with van der Waals surface area (Å²) in [6.07, 6.45) is 0. The highest BCUT2D eigenvalue weighted by molar-refractivity contribution is 7.84. The Bertz CT molecular complexity index is 895. The Balaban J connectivity index is 1.60. The molecule has 30 heavy (non-hydrogen) atoms. The lowest BCUT2D eigenvalue weighted by atomic mass is 10.4. The van der Waals surface area contributed by atoms with Crippen molar-refractivity contribution in [1.82, 2.24) is 10.2 Å². The molecule has 5 heteroatoms. The minimum atomic E-state index is -0.802. The average molecular weight is 444 g/mol. The smallest absolute Gasteiger partial charge is 0.173 e. The number of thiocarbonyl (C=S) groups is 1. The second-order valence-corrected chi connectivity index (χ2v) is 10.8. The van der Waals surface area contributed by atoms with Crippen molar-refractivity contribution in [2.24, 2.45) is 0 Å². The van der Waals surface area contributed by atoms with E-state index in [0.29, 0.717) is 5.11 Å². The second kappa shape index (κ2) is 10.5. The van der Waals surface area contributed by atoms with Gasteiger partial charge in [-0.05, 0) is 12.2 Å². The maximum atomic E-state index is 5.82. The second-order valence-electron chi connectivity index (χ2n) is 6.57. The zero-order chi connectivity index (χ0) is 20.6. The van der Waals surface area contributed by atoms with Gasteiger partial charge in [0.25, 0.3) is 0 Å². The van der Waals surface area contributed by atoms with Gasteiger partial charge in [0.1, 0.15) is 0 Å². The molecule has 0 aliphatic heterocycles. The van der Waals surface area contributed by atoms with E-state index in [1.54, 1.807) is 0 Å². The van der Waals surface area contributed by atoms with Crippen LogP contribution in [-0.2, 0) is 0 Å². The molecule has 0 radical (unpaired) electrons. The highest BCUT2D eigenvalue weighted by Crippen LogP contribution is 2.32. The van der Waals surface area contributed by atoms with E-state index in [0.717, 1.165) is 0 Å². The highest BCUT2D eigenvalue weighted by atomic mass is 32.1. The molecule has 0 aliphatic rings. The van der Waals surface area contributed by atoms with Crippen LogP contribution in [0.5, 0.6) is 0 Å². The van der Waals surface area contributed by atoms with Crippen LogP contribution in [-0.4, -0.2) is 5.11 Å². The maximum Gasteiger partial charge on any atom is 0.173 e. The normalized spacial score (nSPS) is 10.7. The maximum absolute atomic E-state index is 5.82. The molecular formula is C25H22N2P2S. The summed E-state index contributed by atoms with van der Waals surface area (Å²) in [7, 11) is -1.60. The van der Waals surface area contributed by atoms with Gasteiger partial charge in [0.05, 0.1) is 16.1 Å². The van der Waals surface area contributed by atoms with Crippen LogP contribution in [0, 0.1) is 0 Å². The molecule has 4 rings (SSSR count). The standard InChI is InChI=1S/C25H22N2P2S/c30-25(26-28(21-13-5-1-6-14-21)22-15-7-2-8-16-22)27-29(23-17-9-3-10-18-23)24-19-11-4-12-20-24/h1-20H,(H2,26,27,30). The third-order valence-corrected chi connectivity index (χ3v) is 9.14. The molecule has 0 aliphatic carbocycles. The van der Waals surface area contributed by atoms with Crippen molar-refractivity contribution >= 4 is 54.7 Å². The van der Waals surface area contributed by atoms with Gasteiger partial charge in [-0.2, -0.15) is 0 Å². The first-order valence-electron chi connectivity index (χ1n) is 9.69. The first-order valence-corrected chi connectivity index (χ1v) is 12.8. The average Bonchev–Trinajstić information content (AvgIpc) is 2.83. The lowest BCUT2D eigenvalue weighted by Crippen LogP contribution is -2.37. The van der Waals surface area contributed by atoms with Crippen LogP contribution in [0.1, 0.15) is 0 Å². The zero-order valence-corrected chi connectivity index (χ0v) is 19.0. The van der Waals surface area contributed by atoms with Crippen molar-refractivity contribution < 1.29 is 0 Å². The number of benzene rings is 4. The topological polar surface area (TPSA) is 24.1 Å². The van der Waals surface area contributed by atoms with Crippen LogP contribution in [0.3, 0.4) is 0 Å². The van der Waals surface area contributed by atoms with E-state index in [1.807, 2.05) is 24.3 Å². The summed E-state index contributed by atoms with van der Waals surface area (Å²) in [6, 6.07) is 42.1. The molecule has 148 valence electrons. The van der Waals surface area contributed by atoms with E-state index < -0.39 is 16.1 Å². The van der Waals surface area contributed by atoms with Crippen LogP contribution in [0.4, 0.5) is 0 Å². The minimum Gasteiger partial charge on any atom is -0.334 e. The summed E-state index contributed by atoms with van der Waals surface area (Å²) in [4.78, 5) is 0. The van der Waals surface area contributed by atoms with E-state index in [9.17, 15) is 0 Å². The molecule has 2 N–H and O–H groups in total. The third-order valence-electron chi connectivity index (χ3n) is 4.48. The molecule has 0 saturated heterocycles. The Morgan fingerprint density at radius 3 is 0.900 bits per heavy atom.